The second-order valence-corrected chi connectivity index (χ2v) is 7.41. The largest absolute Gasteiger partial charge is 0.354 e. The van der Waals surface area contributed by atoms with E-state index in [1.165, 1.54) is 12.1 Å². The Labute approximate surface area is 166 Å². The molecule has 0 aromatic heterocycles. The van der Waals surface area contributed by atoms with Crippen molar-refractivity contribution in [3.63, 3.8) is 0 Å². The molecule has 8 heteroatoms. The third kappa shape index (κ3) is 5.56. The lowest BCUT2D eigenvalue weighted by Gasteiger charge is -2.10. The molecule has 0 fully saturated rings. The number of halogens is 1. The molecule has 2 aromatic carbocycles. The van der Waals surface area contributed by atoms with Gasteiger partial charge in [-0.15, -0.1) is 11.8 Å². The molecule has 28 heavy (non-hydrogen) atoms. The van der Waals surface area contributed by atoms with Crippen molar-refractivity contribution in [2.24, 2.45) is 0 Å². The highest BCUT2D eigenvalue weighted by Gasteiger charge is 2.15. The highest BCUT2D eigenvalue weighted by Crippen LogP contribution is 2.31. The average molecular weight is 401 g/mol. The van der Waals surface area contributed by atoms with Crippen LogP contribution in [0.1, 0.15) is 22.3 Å². The zero-order valence-electron chi connectivity index (χ0n) is 15.1. The number of anilines is 1. The Bertz CT molecular complexity index is 904. The smallest absolute Gasteiger partial charge is 0.251 e. The molecule has 1 aliphatic heterocycles. The summed E-state index contributed by atoms with van der Waals surface area (Å²) in [6, 6.07) is 11.1. The van der Waals surface area contributed by atoms with Crippen LogP contribution < -0.4 is 16.0 Å². The first-order chi connectivity index (χ1) is 13.5. The quantitative estimate of drug-likeness (QED) is 0.649. The van der Waals surface area contributed by atoms with Crippen LogP contribution in [0.25, 0.3) is 0 Å². The Kier molecular flexibility index (Phi) is 6.65. The van der Waals surface area contributed by atoms with Gasteiger partial charge in [0, 0.05) is 35.7 Å². The van der Waals surface area contributed by atoms with Crippen molar-refractivity contribution in [3.8, 4) is 0 Å². The first kappa shape index (κ1) is 19.9. The predicted molar refractivity (Wildman–Crippen MR) is 106 cm³/mol. The molecule has 1 aliphatic rings. The number of hydrogen-bond acceptors (Lipinski definition) is 4. The molecule has 0 saturated carbocycles. The van der Waals surface area contributed by atoms with Crippen molar-refractivity contribution in [1.29, 1.82) is 0 Å². The van der Waals surface area contributed by atoms with E-state index < -0.39 is 0 Å². The van der Waals surface area contributed by atoms with Gasteiger partial charge in [-0.25, -0.2) is 4.39 Å². The van der Waals surface area contributed by atoms with Crippen LogP contribution in [-0.2, 0) is 16.0 Å². The number of nitrogens with one attached hydrogen (secondary N) is 3. The molecule has 1 heterocycles. The molecule has 0 saturated heterocycles. The maximum Gasteiger partial charge on any atom is 0.251 e. The highest BCUT2D eigenvalue weighted by molar-refractivity contribution is 7.99. The third-order valence-electron chi connectivity index (χ3n) is 4.09. The summed E-state index contributed by atoms with van der Waals surface area (Å²) >= 11 is 1.57. The van der Waals surface area contributed by atoms with Gasteiger partial charge in [0.25, 0.3) is 5.91 Å². The molecule has 6 nitrogen and oxygen atoms in total. The van der Waals surface area contributed by atoms with E-state index in [-0.39, 0.29) is 43.0 Å². The Morgan fingerprint density at radius 3 is 2.75 bits per heavy atom. The molecule has 0 radical (unpaired) electrons. The van der Waals surface area contributed by atoms with E-state index in [2.05, 4.69) is 16.0 Å². The zero-order chi connectivity index (χ0) is 19.9. The number of hydrogen-bond donors (Lipinski definition) is 3. The number of fused-ring (bicyclic) bond motifs is 1. The maximum absolute atomic E-state index is 13.1. The Morgan fingerprint density at radius 2 is 1.93 bits per heavy atom. The van der Waals surface area contributed by atoms with Crippen LogP contribution >= 0.6 is 11.8 Å². The molecule has 0 aliphatic carbocycles. The minimum absolute atomic E-state index is 0.0650. The summed E-state index contributed by atoms with van der Waals surface area (Å²) in [6.07, 6.45) is 0.518. The minimum Gasteiger partial charge on any atom is -0.354 e. The van der Waals surface area contributed by atoms with Gasteiger partial charge < -0.3 is 16.0 Å². The number of amides is 3. The topological polar surface area (TPSA) is 87.3 Å². The van der Waals surface area contributed by atoms with Gasteiger partial charge in [0.05, 0.1) is 12.1 Å². The molecule has 0 bridgehead atoms. The van der Waals surface area contributed by atoms with Gasteiger partial charge in [0.15, 0.2) is 0 Å². The minimum atomic E-state index is -0.382. The molecule has 3 rings (SSSR count). The van der Waals surface area contributed by atoms with Gasteiger partial charge in [-0.3, -0.25) is 14.4 Å². The van der Waals surface area contributed by atoms with E-state index >= 15 is 0 Å². The fourth-order valence-electron chi connectivity index (χ4n) is 2.74. The van der Waals surface area contributed by atoms with Crippen LogP contribution in [0.3, 0.4) is 0 Å². The van der Waals surface area contributed by atoms with Crippen molar-refractivity contribution in [2.75, 3.05) is 24.2 Å². The van der Waals surface area contributed by atoms with Crippen molar-refractivity contribution >= 4 is 35.2 Å². The first-order valence-electron chi connectivity index (χ1n) is 8.87. The second-order valence-electron chi connectivity index (χ2n) is 6.27. The van der Waals surface area contributed by atoms with Gasteiger partial charge in [-0.1, -0.05) is 12.1 Å². The van der Waals surface area contributed by atoms with Crippen molar-refractivity contribution in [3.05, 3.63) is 59.4 Å². The molecule has 0 spiro atoms. The summed E-state index contributed by atoms with van der Waals surface area (Å²) in [4.78, 5) is 36.8. The van der Waals surface area contributed by atoms with Gasteiger partial charge in [0.2, 0.25) is 11.8 Å². The van der Waals surface area contributed by atoms with Crippen LogP contribution in [0.4, 0.5) is 10.1 Å². The average Bonchev–Trinajstić information content (AvgIpc) is 2.84. The molecular formula is C20H20FN3O3S. The van der Waals surface area contributed by atoms with E-state index in [1.54, 1.807) is 36.0 Å². The summed E-state index contributed by atoms with van der Waals surface area (Å²) in [5.41, 5.74) is 1.67. The van der Waals surface area contributed by atoms with Crippen LogP contribution in [0, 0.1) is 5.82 Å². The number of benzene rings is 2. The maximum atomic E-state index is 13.1. The number of thioether (sulfide) groups is 1. The Balaban J connectivity index is 1.45. The zero-order valence-corrected chi connectivity index (χ0v) is 15.9. The third-order valence-corrected chi connectivity index (χ3v) is 5.16. The Morgan fingerprint density at radius 1 is 1.11 bits per heavy atom. The fourth-order valence-corrected chi connectivity index (χ4v) is 3.67. The summed E-state index contributed by atoms with van der Waals surface area (Å²) in [5, 5.41) is 8.22. The lowest BCUT2D eigenvalue weighted by molar-refractivity contribution is -0.120. The summed E-state index contributed by atoms with van der Waals surface area (Å²) < 4.78 is 13.1. The van der Waals surface area contributed by atoms with Crippen LogP contribution in [0.5, 0.6) is 0 Å². The predicted octanol–water partition coefficient (Wildman–Crippen LogP) is 2.35. The van der Waals surface area contributed by atoms with Crippen molar-refractivity contribution in [1.82, 2.24) is 10.6 Å². The van der Waals surface area contributed by atoms with Crippen LogP contribution in [0.15, 0.2) is 47.4 Å². The standard InChI is InChI=1S/C20H20FN3O3S/c21-15-3-1-2-13(10-15)11-19(26)22-7-8-23-20(27)14-4-5-17-16(12-14)24-18(25)6-9-28-17/h1-5,10,12H,6-9,11H2,(H,22,26)(H,23,27)(H,24,25). The monoisotopic (exact) mass is 401 g/mol. The van der Waals surface area contributed by atoms with Gasteiger partial charge in [-0.2, -0.15) is 0 Å². The number of carbonyl (C=O) groups excluding carboxylic acids is 3. The fraction of sp³-hybridized carbons (Fsp3) is 0.250. The van der Waals surface area contributed by atoms with E-state index in [4.69, 9.17) is 0 Å². The molecule has 0 atom stereocenters. The molecular weight excluding hydrogens is 381 g/mol. The van der Waals surface area contributed by atoms with Crippen LogP contribution in [-0.4, -0.2) is 36.6 Å². The van der Waals surface area contributed by atoms with E-state index in [0.29, 0.717) is 29.0 Å². The van der Waals surface area contributed by atoms with E-state index in [0.717, 1.165) is 4.90 Å². The lowest BCUT2D eigenvalue weighted by atomic mass is 10.1. The molecule has 146 valence electrons. The van der Waals surface area contributed by atoms with Gasteiger partial charge in [-0.05, 0) is 35.9 Å². The Hall–Kier alpha value is -2.87. The van der Waals surface area contributed by atoms with Crippen LogP contribution in [0.2, 0.25) is 0 Å². The molecule has 3 N–H and O–H groups in total. The SMILES string of the molecule is O=C(Cc1cccc(F)c1)NCCNC(=O)c1ccc2c(c1)NC(=O)CCS2. The van der Waals surface area contributed by atoms with E-state index in [1.807, 2.05) is 6.07 Å². The van der Waals surface area contributed by atoms with Crippen molar-refractivity contribution < 1.29 is 18.8 Å². The van der Waals surface area contributed by atoms with Crippen molar-refractivity contribution in [2.45, 2.75) is 17.7 Å². The lowest BCUT2D eigenvalue weighted by Crippen LogP contribution is -2.35. The second kappa shape index (κ2) is 9.36. The normalized spacial score (nSPS) is 13.1. The summed E-state index contributed by atoms with van der Waals surface area (Å²) in [7, 11) is 0. The summed E-state index contributed by atoms with van der Waals surface area (Å²) in [6.45, 7) is 0.517. The molecule has 3 amide bonds. The molecule has 0 unspecified atom stereocenters. The first-order valence-corrected chi connectivity index (χ1v) is 9.86. The molecule has 2 aromatic rings. The van der Waals surface area contributed by atoms with Gasteiger partial charge >= 0.3 is 0 Å². The number of rotatable bonds is 6. The number of carbonyl (C=O) groups is 3. The van der Waals surface area contributed by atoms with E-state index in [9.17, 15) is 18.8 Å². The van der Waals surface area contributed by atoms with Gasteiger partial charge in [0.1, 0.15) is 5.82 Å². The summed E-state index contributed by atoms with van der Waals surface area (Å²) in [5.74, 6) is -0.271. The highest BCUT2D eigenvalue weighted by atomic mass is 32.2.